The van der Waals surface area contributed by atoms with Crippen molar-refractivity contribution >= 4 is 22.4 Å². The first-order chi connectivity index (χ1) is 13.8. The molecule has 9 nitrogen and oxygen atoms in total. The van der Waals surface area contributed by atoms with Crippen molar-refractivity contribution in [1.29, 1.82) is 0 Å². The highest BCUT2D eigenvalue weighted by atomic mass is 19.3. The van der Waals surface area contributed by atoms with Gasteiger partial charge >= 0.3 is 0 Å². The van der Waals surface area contributed by atoms with Crippen molar-refractivity contribution in [1.82, 2.24) is 34.7 Å². The fourth-order valence-electron chi connectivity index (χ4n) is 3.39. The van der Waals surface area contributed by atoms with E-state index in [-0.39, 0.29) is 28.2 Å². The molecule has 0 saturated heterocycles. The van der Waals surface area contributed by atoms with E-state index in [1.54, 1.807) is 28.5 Å². The lowest BCUT2D eigenvalue weighted by Crippen LogP contribution is -2.05. The number of rotatable bonds is 5. The molecule has 4 rings (SSSR count). The van der Waals surface area contributed by atoms with Crippen LogP contribution in [0.15, 0.2) is 24.9 Å². The first-order valence-corrected chi connectivity index (χ1v) is 8.79. The number of aromatic amines is 1. The largest absolute Gasteiger partial charge is 0.399 e. The first-order valence-electron chi connectivity index (χ1n) is 8.79. The van der Waals surface area contributed by atoms with Crippen LogP contribution in [0, 0.1) is 0 Å². The minimum absolute atomic E-state index is 0.0252. The summed E-state index contributed by atoms with van der Waals surface area (Å²) in [7, 11) is 1.71. The molecule has 0 fully saturated rings. The Morgan fingerprint density at radius 1 is 1.34 bits per heavy atom. The Morgan fingerprint density at radius 3 is 2.76 bits per heavy atom. The Balaban J connectivity index is 2.00. The fraction of sp³-hybridized carbons (Fsp3) is 0.222. The molecule has 150 valence electrons. The molecule has 3 aromatic heterocycles. The van der Waals surface area contributed by atoms with Gasteiger partial charge in [-0.2, -0.15) is 15.3 Å². The SMILES string of the molecule is C=C(N)c1cc2c(cnn2C)c(-c2n[nH]c(-c3cc(N)nn3CC)n2)c1C(F)F. The van der Waals surface area contributed by atoms with E-state index in [4.69, 9.17) is 11.5 Å². The van der Waals surface area contributed by atoms with Crippen molar-refractivity contribution in [2.24, 2.45) is 12.8 Å². The molecule has 0 radical (unpaired) electrons. The minimum Gasteiger partial charge on any atom is -0.399 e. The Labute approximate surface area is 164 Å². The lowest BCUT2D eigenvalue weighted by molar-refractivity contribution is 0.152. The summed E-state index contributed by atoms with van der Waals surface area (Å²) in [5, 5.41) is 15.8. The van der Waals surface area contributed by atoms with Crippen molar-refractivity contribution in [3.63, 3.8) is 0 Å². The third-order valence-corrected chi connectivity index (χ3v) is 4.71. The summed E-state index contributed by atoms with van der Waals surface area (Å²) in [6.07, 6.45) is -1.31. The summed E-state index contributed by atoms with van der Waals surface area (Å²) in [6.45, 7) is 6.10. The molecule has 0 aliphatic carbocycles. The standard InChI is InChI=1S/C18H19F2N9/c1-4-29-12(6-13(22)27-29)17-24-18(26-25-17)15-10-7-23-28(3)11(10)5-9(8(2)21)14(15)16(19)20/h5-7,16H,2,4,21H2,1,3H3,(H2,22,27)(H,24,25,26). The number of nitrogens with two attached hydrogens (primary N) is 2. The number of H-pyrrole nitrogens is 1. The maximum absolute atomic E-state index is 14.1. The zero-order valence-corrected chi connectivity index (χ0v) is 15.8. The number of benzene rings is 1. The van der Waals surface area contributed by atoms with Gasteiger partial charge in [0.15, 0.2) is 11.6 Å². The van der Waals surface area contributed by atoms with Gasteiger partial charge in [-0.3, -0.25) is 14.5 Å². The van der Waals surface area contributed by atoms with Gasteiger partial charge in [0, 0.05) is 47.4 Å². The molecule has 0 saturated carbocycles. The van der Waals surface area contributed by atoms with E-state index in [2.05, 4.69) is 32.0 Å². The number of hydrogen-bond donors (Lipinski definition) is 3. The van der Waals surface area contributed by atoms with Crippen molar-refractivity contribution in [2.75, 3.05) is 5.73 Å². The maximum atomic E-state index is 14.1. The number of nitrogen functional groups attached to an aromatic ring is 1. The molecule has 0 bridgehead atoms. The number of aromatic nitrogens is 7. The predicted molar refractivity (Wildman–Crippen MR) is 106 cm³/mol. The first kappa shape index (κ1) is 18.6. The molecular weight excluding hydrogens is 380 g/mol. The van der Waals surface area contributed by atoms with E-state index < -0.39 is 6.43 Å². The Hall–Kier alpha value is -3.76. The van der Waals surface area contributed by atoms with E-state index in [1.165, 1.54) is 6.20 Å². The van der Waals surface area contributed by atoms with E-state index in [1.807, 2.05) is 6.92 Å². The second kappa shape index (κ2) is 6.69. The number of halogens is 2. The molecule has 1 aromatic carbocycles. The Bertz CT molecular complexity index is 1230. The van der Waals surface area contributed by atoms with Gasteiger partial charge in [-0.15, -0.1) is 0 Å². The number of alkyl halides is 2. The van der Waals surface area contributed by atoms with Crippen LogP contribution in [0.3, 0.4) is 0 Å². The predicted octanol–water partition coefficient (Wildman–Crippen LogP) is 2.69. The molecule has 4 aromatic rings. The average molecular weight is 399 g/mol. The molecule has 0 atom stereocenters. The number of fused-ring (bicyclic) bond motifs is 1. The number of nitrogens with one attached hydrogen (secondary N) is 1. The summed E-state index contributed by atoms with van der Waals surface area (Å²) in [4.78, 5) is 4.45. The molecular formula is C18H19F2N9. The van der Waals surface area contributed by atoms with E-state index in [9.17, 15) is 8.78 Å². The zero-order valence-electron chi connectivity index (χ0n) is 15.8. The van der Waals surface area contributed by atoms with Crippen molar-refractivity contribution in [3.05, 3.63) is 36.0 Å². The monoisotopic (exact) mass is 399 g/mol. The van der Waals surface area contributed by atoms with Crippen LogP contribution in [0.2, 0.25) is 0 Å². The lowest BCUT2D eigenvalue weighted by Gasteiger charge is -2.14. The van der Waals surface area contributed by atoms with Crippen LogP contribution < -0.4 is 11.5 Å². The third kappa shape index (κ3) is 2.91. The number of aryl methyl sites for hydroxylation is 2. The summed E-state index contributed by atoms with van der Waals surface area (Å²) >= 11 is 0. The second-order valence-corrected chi connectivity index (χ2v) is 6.52. The van der Waals surface area contributed by atoms with Gasteiger partial charge in [-0.25, -0.2) is 13.8 Å². The van der Waals surface area contributed by atoms with Gasteiger partial charge in [-0.1, -0.05) is 6.58 Å². The van der Waals surface area contributed by atoms with Gasteiger partial charge in [0.1, 0.15) is 11.5 Å². The molecule has 5 N–H and O–H groups in total. The van der Waals surface area contributed by atoms with Gasteiger partial charge in [-0.05, 0) is 13.0 Å². The topological polar surface area (TPSA) is 129 Å². The normalized spacial score (nSPS) is 11.6. The minimum atomic E-state index is -2.82. The van der Waals surface area contributed by atoms with Crippen LogP contribution in [0.5, 0.6) is 0 Å². The van der Waals surface area contributed by atoms with Crippen LogP contribution >= 0.6 is 0 Å². The second-order valence-electron chi connectivity index (χ2n) is 6.52. The van der Waals surface area contributed by atoms with E-state index >= 15 is 0 Å². The molecule has 29 heavy (non-hydrogen) atoms. The van der Waals surface area contributed by atoms with E-state index in [0.29, 0.717) is 34.8 Å². The number of nitrogens with zero attached hydrogens (tertiary/aromatic N) is 6. The maximum Gasteiger partial charge on any atom is 0.265 e. The van der Waals surface area contributed by atoms with Gasteiger partial charge in [0.2, 0.25) is 0 Å². The third-order valence-electron chi connectivity index (χ3n) is 4.71. The summed E-state index contributed by atoms with van der Waals surface area (Å²) < 4.78 is 31.4. The van der Waals surface area contributed by atoms with Crippen LogP contribution in [0.4, 0.5) is 14.6 Å². The number of hydrogen-bond acceptors (Lipinski definition) is 6. The zero-order chi connectivity index (χ0) is 20.9. The quantitative estimate of drug-likeness (QED) is 0.473. The van der Waals surface area contributed by atoms with Gasteiger partial charge < -0.3 is 11.5 Å². The Kier molecular flexibility index (Phi) is 4.29. The van der Waals surface area contributed by atoms with Crippen molar-refractivity contribution in [2.45, 2.75) is 19.9 Å². The van der Waals surface area contributed by atoms with Crippen LogP contribution in [-0.2, 0) is 13.6 Å². The summed E-state index contributed by atoms with van der Waals surface area (Å²) in [5.41, 5.74) is 12.8. The van der Waals surface area contributed by atoms with Gasteiger partial charge in [0.25, 0.3) is 6.43 Å². The van der Waals surface area contributed by atoms with Crippen molar-refractivity contribution in [3.8, 4) is 22.9 Å². The molecule has 0 spiro atoms. The smallest absolute Gasteiger partial charge is 0.265 e. The molecule has 0 aliphatic rings. The van der Waals surface area contributed by atoms with Crippen LogP contribution in [-0.4, -0.2) is 34.7 Å². The molecule has 3 heterocycles. The van der Waals surface area contributed by atoms with Gasteiger partial charge in [0.05, 0.1) is 11.7 Å². The molecule has 11 heteroatoms. The Morgan fingerprint density at radius 2 is 2.10 bits per heavy atom. The van der Waals surface area contributed by atoms with Crippen LogP contribution in [0.25, 0.3) is 39.5 Å². The van der Waals surface area contributed by atoms with E-state index in [0.717, 1.165) is 0 Å². The summed E-state index contributed by atoms with van der Waals surface area (Å²) in [5.74, 6) is 0.781. The highest BCUT2D eigenvalue weighted by Crippen LogP contribution is 2.40. The summed E-state index contributed by atoms with van der Waals surface area (Å²) in [6, 6.07) is 3.19. The highest BCUT2D eigenvalue weighted by molar-refractivity contribution is 5.98. The van der Waals surface area contributed by atoms with Crippen molar-refractivity contribution < 1.29 is 8.78 Å². The molecule has 0 amide bonds. The molecule has 0 unspecified atom stereocenters. The highest BCUT2D eigenvalue weighted by Gasteiger charge is 2.27. The van der Waals surface area contributed by atoms with Crippen LogP contribution in [0.1, 0.15) is 24.5 Å². The fourth-order valence-corrected chi connectivity index (χ4v) is 3.39. The number of anilines is 1. The average Bonchev–Trinajstić information content (AvgIpc) is 3.38. The molecule has 0 aliphatic heterocycles. The lowest BCUT2D eigenvalue weighted by atomic mass is 9.95.